The average Bonchev–Trinajstić information content (AvgIpc) is 3.12. The number of hydrogen-bond acceptors (Lipinski definition) is 6. The van der Waals surface area contributed by atoms with E-state index in [1.807, 2.05) is 18.2 Å². The highest BCUT2D eigenvalue weighted by Gasteiger charge is 2.26. The molecule has 0 spiro atoms. The number of anilines is 1. The van der Waals surface area contributed by atoms with Gasteiger partial charge in [0, 0.05) is 44.8 Å². The number of rotatable bonds is 5. The quantitative estimate of drug-likeness (QED) is 0.868. The van der Waals surface area contributed by atoms with Crippen LogP contribution in [-0.2, 0) is 9.53 Å². The Kier molecular flexibility index (Phi) is 5.48. The van der Waals surface area contributed by atoms with Crippen molar-refractivity contribution in [1.29, 1.82) is 0 Å². The zero-order valence-electron chi connectivity index (χ0n) is 15.8. The monoisotopic (exact) mass is 373 g/mol. The van der Waals surface area contributed by atoms with Crippen LogP contribution in [0.15, 0.2) is 22.6 Å². The highest BCUT2D eigenvalue weighted by atomic mass is 16.5. The third-order valence-electron chi connectivity index (χ3n) is 5.43. The smallest absolute Gasteiger partial charge is 0.298 e. The van der Waals surface area contributed by atoms with Crippen LogP contribution in [0, 0.1) is 5.92 Å². The van der Waals surface area contributed by atoms with E-state index < -0.39 is 0 Å². The lowest BCUT2D eigenvalue weighted by atomic mass is 9.94. The van der Waals surface area contributed by atoms with Crippen molar-refractivity contribution in [2.24, 2.45) is 5.92 Å². The minimum absolute atomic E-state index is 0.149. The molecule has 1 N–H and O–H groups in total. The fourth-order valence-corrected chi connectivity index (χ4v) is 3.95. The number of oxazole rings is 1. The lowest BCUT2D eigenvalue weighted by Gasteiger charge is -2.32. The van der Waals surface area contributed by atoms with E-state index in [-0.39, 0.29) is 11.9 Å². The second-order valence-corrected chi connectivity index (χ2v) is 7.44. The molecule has 7 nitrogen and oxygen atoms in total. The van der Waals surface area contributed by atoms with Gasteiger partial charge in [-0.15, -0.1) is 0 Å². The van der Waals surface area contributed by atoms with Crippen LogP contribution in [0.2, 0.25) is 0 Å². The van der Waals surface area contributed by atoms with E-state index in [4.69, 9.17) is 13.9 Å². The topological polar surface area (TPSA) is 76.8 Å². The van der Waals surface area contributed by atoms with Crippen LogP contribution in [0.5, 0.6) is 5.75 Å². The van der Waals surface area contributed by atoms with Crippen molar-refractivity contribution in [3.63, 3.8) is 0 Å². The second-order valence-electron chi connectivity index (χ2n) is 7.44. The Morgan fingerprint density at radius 1 is 1.33 bits per heavy atom. The van der Waals surface area contributed by atoms with Gasteiger partial charge in [-0.25, -0.2) is 0 Å². The van der Waals surface area contributed by atoms with Gasteiger partial charge in [0.2, 0.25) is 5.91 Å². The maximum atomic E-state index is 12.4. The first-order valence-corrected chi connectivity index (χ1v) is 9.78. The van der Waals surface area contributed by atoms with E-state index in [0.717, 1.165) is 68.8 Å². The zero-order valence-corrected chi connectivity index (χ0v) is 15.8. The van der Waals surface area contributed by atoms with Gasteiger partial charge in [0.1, 0.15) is 11.3 Å². The molecule has 0 aliphatic carbocycles. The lowest BCUT2D eigenvalue weighted by Crippen LogP contribution is -2.42. The lowest BCUT2D eigenvalue weighted by molar-refractivity contribution is -0.123. The van der Waals surface area contributed by atoms with Crippen LogP contribution in [0.3, 0.4) is 0 Å². The summed E-state index contributed by atoms with van der Waals surface area (Å²) in [6.45, 7) is 3.18. The molecule has 1 aromatic carbocycles. The Labute approximate surface area is 159 Å². The van der Waals surface area contributed by atoms with E-state index in [2.05, 4.69) is 15.2 Å². The number of carbonyl (C=O) groups is 1. The summed E-state index contributed by atoms with van der Waals surface area (Å²) in [6, 6.07) is 6.53. The van der Waals surface area contributed by atoms with Crippen molar-refractivity contribution in [2.75, 3.05) is 38.3 Å². The maximum absolute atomic E-state index is 12.4. The van der Waals surface area contributed by atoms with Crippen molar-refractivity contribution in [3.05, 3.63) is 18.2 Å². The Morgan fingerprint density at radius 2 is 2.19 bits per heavy atom. The summed E-state index contributed by atoms with van der Waals surface area (Å²) in [5, 5.41) is 3.16. The third kappa shape index (κ3) is 4.35. The predicted molar refractivity (Wildman–Crippen MR) is 102 cm³/mol. The van der Waals surface area contributed by atoms with Gasteiger partial charge in [-0.2, -0.15) is 4.98 Å². The highest BCUT2D eigenvalue weighted by Crippen LogP contribution is 2.29. The molecule has 0 bridgehead atoms. The van der Waals surface area contributed by atoms with Gasteiger partial charge >= 0.3 is 0 Å². The van der Waals surface area contributed by atoms with Crippen LogP contribution in [-0.4, -0.2) is 50.3 Å². The van der Waals surface area contributed by atoms with Crippen LogP contribution in [0.4, 0.5) is 6.01 Å². The maximum Gasteiger partial charge on any atom is 0.298 e. The van der Waals surface area contributed by atoms with Crippen molar-refractivity contribution in [3.8, 4) is 5.75 Å². The molecule has 2 saturated heterocycles. The van der Waals surface area contributed by atoms with E-state index in [0.29, 0.717) is 18.4 Å². The number of hydrogen-bond donors (Lipinski definition) is 1. The number of aromatic nitrogens is 1. The van der Waals surface area contributed by atoms with E-state index in [1.54, 1.807) is 7.11 Å². The van der Waals surface area contributed by atoms with Gasteiger partial charge in [-0.05, 0) is 43.7 Å². The molecular weight excluding hydrogens is 346 g/mol. The Hall–Kier alpha value is -2.28. The fraction of sp³-hybridized carbons (Fsp3) is 0.600. The summed E-state index contributed by atoms with van der Waals surface area (Å²) in [4.78, 5) is 19.2. The number of nitrogens with one attached hydrogen (secondary N) is 1. The molecular formula is C20H27N3O4. The van der Waals surface area contributed by atoms with E-state index in [1.165, 1.54) is 0 Å². The molecule has 0 radical (unpaired) electrons. The predicted octanol–water partition coefficient (Wildman–Crippen LogP) is 2.74. The molecule has 2 aromatic rings. The number of ether oxygens (including phenoxy) is 2. The summed E-state index contributed by atoms with van der Waals surface area (Å²) in [5.41, 5.74) is 1.55. The van der Waals surface area contributed by atoms with Crippen LogP contribution in [0.1, 0.15) is 32.1 Å². The van der Waals surface area contributed by atoms with Crippen molar-refractivity contribution in [1.82, 2.24) is 10.3 Å². The van der Waals surface area contributed by atoms with Crippen molar-refractivity contribution >= 4 is 23.0 Å². The summed E-state index contributed by atoms with van der Waals surface area (Å²) in [6.07, 6.45) is 4.48. The Morgan fingerprint density at radius 3 is 3.00 bits per heavy atom. The molecule has 4 rings (SSSR count). The van der Waals surface area contributed by atoms with Crippen LogP contribution >= 0.6 is 0 Å². The first kappa shape index (κ1) is 18.1. The molecule has 1 unspecified atom stereocenters. The SMILES string of the molecule is COc1ccc2oc(N3CCCC(CC(=O)NC4CCOCC4)C3)nc2c1. The fourth-order valence-electron chi connectivity index (χ4n) is 3.95. The van der Waals surface area contributed by atoms with Gasteiger partial charge in [0.25, 0.3) is 6.01 Å². The summed E-state index contributed by atoms with van der Waals surface area (Å²) < 4.78 is 16.5. The molecule has 1 aromatic heterocycles. The molecule has 3 heterocycles. The van der Waals surface area contributed by atoms with E-state index >= 15 is 0 Å². The largest absolute Gasteiger partial charge is 0.497 e. The minimum atomic E-state index is 0.149. The molecule has 1 amide bonds. The highest BCUT2D eigenvalue weighted by molar-refractivity contribution is 5.77. The minimum Gasteiger partial charge on any atom is -0.497 e. The number of piperidine rings is 1. The molecule has 146 valence electrons. The Bertz CT molecular complexity index is 785. The molecule has 7 heteroatoms. The molecule has 2 fully saturated rings. The number of nitrogens with zero attached hydrogens (tertiary/aromatic N) is 2. The summed E-state index contributed by atoms with van der Waals surface area (Å²) >= 11 is 0. The summed E-state index contributed by atoms with van der Waals surface area (Å²) in [7, 11) is 1.64. The first-order valence-electron chi connectivity index (χ1n) is 9.78. The van der Waals surface area contributed by atoms with Crippen molar-refractivity contribution < 1.29 is 18.7 Å². The van der Waals surface area contributed by atoms with Gasteiger partial charge in [0.05, 0.1) is 7.11 Å². The average molecular weight is 373 g/mol. The zero-order chi connectivity index (χ0) is 18.6. The molecule has 0 saturated carbocycles. The summed E-state index contributed by atoms with van der Waals surface area (Å²) in [5.74, 6) is 1.24. The molecule has 2 aliphatic heterocycles. The van der Waals surface area contributed by atoms with Gasteiger partial charge in [-0.3, -0.25) is 4.79 Å². The number of carbonyl (C=O) groups excluding carboxylic acids is 1. The standard InChI is InChI=1S/C20H27N3O4/c1-25-16-4-5-18-17(12-16)22-20(27-18)23-8-2-3-14(13-23)11-19(24)21-15-6-9-26-10-7-15/h4-5,12,14-15H,2-3,6-11,13H2,1H3,(H,21,24). The van der Waals surface area contributed by atoms with Gasteiger partial charge in [0.15, 0.2) is 5.58 Å². The Balaban J connectivity index is 1.36. The van der Waals surface area contributed by atoms with E-state index in [9.17, 15) is 4.79 Å². The first-order chi connectivity index (χ1) is 13.2. The molecule has 1 atom stereocenters. The number of fused-ring (bicyclic) bond motifs is 1. The van der Waals surface area contributed by atoms with Gasteiger partial charge < -0.3 is 24.1 Å². The van der Waals surface area contributed by atoms with Crippen molar-refractivity contribution in [2.45, 2.75) is 38.1 Å². The molecule has 2 aliphatic rings. The third-order valence-corrected chi connectivity index (χ3v) is 5.43. The molecule has 27 heavy (non-hydrogen) atoms. The van der Waals surface area contributed by atoms with Gasteiger partial charge in [-0.1, -0.05) is 0 Å². The van der Waals surface area contributed by atoms with Crippen LogP contribution in [0.25, 0.3) is 11.1 Å². The number of benzene rings is 1. The second kappa shape index (κ2) is 8.17. The number of amides is 1. The van der Waals surface area contributed by atoms with Crippen LogP contribution < -0.4 is 15.0 Å². The number of methoxy groups -OCH3 is 1. The normalized spacial score (nSPS) is 21.4.